The van der Waals surface area contributed by atoms with E-state index < -0.39 is 31.1 Å². The van der Waals surface area contributed by atoms with Crippen LogP contribution in [0.2, 0.25) is 0 Å². The molecule has 0 amide bonds. The summed E-state index contributed by atoms with van der Waals surface area (Å²) in [7, 11) is 0. The number of carbonyl (C=O) groups is 3. The van der Waals surface area contributed by atoms with Crippen molar-refractivity contribution < 1.29 is 39.0 Å². The Balaban J connectivity index is 3.01. The Morgan fingerprint density at radius 1 is 1.28 bits per heavy atom. The van der Waals surface area contributed by atoms with E-state index in [0.29, 0.717) is 0 Å². The highest BCUT2D eigenvalue weighted by molar-refractivity contribution is 5.87. The molecule has 0 saturated heterocycles. The fraction of sp³-hybridized carbons (Fsp3) is 0.200. The van der Waals surface area contributed by atoms with Gasteiger partial charge in [-0.05, 0) is 0 Å². The van der Waals surface area contributed by atoms with Crippen LogP contribution in [0.1, 0.15) is 10.4 Å². The lowest BCUT2D eigenvalue weighted by atomic mass is 10.2. The van der Waals surface area contributed by atoms with Crippen molar-refractivity contribution >= 4 is 17.9 Å². The van der Waals surface area contributed by atoms with Crippen LogP contribution in [0.5, 0.6) is 5.75 Å². The zero-order chi connectivity index (χ0) is 13.7. The molecule has 0 radical (unpaired) electrons. The molecule has 0 spiro atoms. The van der Waals surface area contributed by atoms with Gasteiger partial charge in [-0.15, -0.1) is 0 Å². The van der Waals surface area contributed by atoms with Gasteiger partial charge >= 0.3 is 11.9 Å². The van der Waals surface area contributed by atoms with E-state index in [2.05, 4.69) is 0 Å². The second-order valence-electron chi connectivity index (χ2n) is 3.29. The highest BCUT2D eigenvalue weighted by Crippen LogP contribution is 2.10. The first kappa shape index (κ1) is 13.4. The van der Waals surface area contributed by atoms with Crippen LogP contribution in [0.3, 0.4) is 0 Å². The molecule has 0 aliphatic heterocycles. The molecule has 0 bridgehead atoms. The van der Waals surface area contributed by atoms with Crippen molar-refractivity contribution in [3.8, 4) is 5.75 Å². The van der Waals surface area contributed by atoms with Gasteiger partial charge in [-0.1, -0.05) is 0 Å². The van der Waals surface area contributed by atoms with Gasteiger partial charge in [-0.2, -0.15) is 4.57 Å². The highest BCUT2D eigenvalue weighted by atomic mass is 16.5. The standard InChI is InChI=1S/C10H9NO7/c12-8(13)4-11-2-6(10(16)17)1-7(3-11)18-5-9(14)15/h1-3H,4-5H2,(H2-,12,13,14,15,16,17). The Hall–Kier alpha value is -2.64. The summed E-state index contributed by atoms with van der Waals surface area (Å²) in [6.07, 6.45) is 2.25. The molecule has 18 heavy (non-hydrogen) atoms. The Morgan fingerprint density at radius 2 is 1.94 bits per heavy atom. The van der Waals surface area contributed by atoms with E-state index in [1.165, 1.54) is 6.20 Å². The quantitative estimate of drug-likeness (QED) is 0.556. The van der Waals surface area contributed by atoms with Crippen LogP contribution in [0.15, 0.2) is 18.5 Å². The van der Waals surface area contributed by atoms with E-state index >= 15 is 0 Å². The van der Waals surface area contributed by atoms with E-state index in [1.807, 2.05) is 0 Å². The number of carboxylic acids is 3. The van der Waals surface area contributed by atoms with Crippen LogP contribution < -0.4 is 14.4 Å². The number of ether oxygens (including phenoxy) is 1. The summed E-state index contributed by atoms with van der Waals surface area (Å²) in [5.74, 6) is -3.99. The van der Waals surface area contributed by atoms with Crippen molar-refractivity contribution in [2.45, 2.75) is 6.54 Å². The summed E-state index contributed by atoms with van der Waals surface area (Å²) in [5, 5.41) is 27.6. The van der Waals surface area contributed by atoms with Gasteiger partial charge in [-0.25, -0.2) is 9.59 Å². The topological polar surface area (TPSA) is 128 Å². The fourth-order valence-electron chi connectivity index (χ4n) is 1.19. The second-order valence-corrected chi connectivity index (χ2v) is 3.29. The number of aromatic carboxylic acids is 1. The number of pyridine rings is 1. The lowest BCUT2D eigenvalue weighted by Crippen LogP contribution is -2.44. The predicted octanol–water partition coefficient (Wildman–Crippen LogP) is -2.11. The number of aliphatic carboxylic acids is 2. The molecular weight excluding hydrogens is 246 g/mol. The number of hydrogen-bond acceptors (Lipinski definition) is 5. The summed E-state index contributed by atoms with van der Waals surface area (Å²) >= 11 is 0. The fourth-order valence-corrected chi connectivity index (χ4v) is 1.19. The van der Waals surface area contributed by atoms with Crippen molar-refractivity contribution in [3.63, 3.8) is 0 Å². The Kier molecular flexibility index (Phi) is 4.19. The first-order chi connectivity index (χ1) is 8.38. The SMILES string of the molecule is O=C([O-])C[n+]1cc(OCC(=O)O)cc(C(=O)O)c1. The minimum Gasteiger partial charge on any atom is -0.544 e. The minimum absolute atomic E-state index is 0.0569. The van der Waals surface area contributed by atoms with Crippen LogP contribution in [-0.4, -0.2) is 34.7 Å². The first-order valence-electron chi connectivity index (χ1n) is 4.70. The van der Waals surface area contributed by atoms with Crippen LogP contribution >= 0.6 is 0 Å². The van der Waals surface area contributed by atoms with Gasteiger partial charge in [0.15, 0.2) is 25.1 Å². The highest BCUT2D eigenvalue weighted by Gasteiger charge is 2.14. The molecule has 0 atom stereocenters. The lowest BCUT2D eigenvalue weighted by molar-refractivity contribution is -0.691. The van der Waals surface area contributed by atoms with Crippen LogP contribution in [0.25, 0.3) is 0 Å². The number of carboxylic acid groups (broad SMARTS) is 3. The molecule has 8 nitrogen and oxygen atoms in total. The van der Waals surface area contributed by atoms with Gasteiger partial charge in [-0.3, -0.25) is 0 Å². The molecule has 0 saturated carbocycles. The Morgan fingerprint density at radius 3 is 2.44 bits per heavy atom. The van der Waals surface area contributed by atoms with E-state index in [-0.39, 0.29) is 11.3 Å². The van der Waals surface area contributed by atoms with E-state index in [1.54, 1.807) is 0 Å². The number of nitrogens with zero attached hydrogens (tertiary/aromatic N) is 1. The molecule has 1 aromatic heterocycles. The van der Waals surface area contributed by atoms with Gasteiger partial charge in [0.2, 0.25) is 6.20 Å². The summed E-state index contributed by atoms with van der Waals surface area (Å²) in [5.41, 5.74) is -0.223. The maximum atomic E-state index is 10.8. The van der Waals surface area contributed by atoms with Crippen LogP contribution in [0, 0.1) is 0 Å². The van der Waals surface area contributed by atoms with Crippen LogP contribution in [0.4, 0.5) is 0 Å². The number of hydrogen-bond donors (Lipinski definition) is 2. The summed E-state index contributed by atoms with van der Waals surface area (Å²) in [6.45, 7) is -1.22. The molecule has 0 unspecified atom stereocenters. The smallest absolute Gasteiger partial charge is 0.341 e. The third-order valence-electron chi connectivity index (χ3n) is 1.82. The maximum Gasteiger partial charge on any atom is 0.341 e. The first-order valence-corrected chi connectivity index (χ1v) is 4.70. The van der Waals surface area contributed by atoms with Gasteiger partial charge < -0.3 is 24.9 Å². The molecule has 1 heterocycles. The van der Waals surface area contributed by atoms with Crippen molar-refractivity contribution in [1.82, 2.24) is 0 Å². The molecule has 2 N–H and O–H groups in total. The monoisotopic (exact) mass is 255 g/mol. The van der Waals surface area contributed by atoms with Gasteiger partial charge in [0.25, 0.3) is 0 Å². The number of carbonyl (C=O) groups excluding carboxylic acids is 1. The van der Waals surface area contributed by atoms with Crippen molar-refractivity contribution in [3.05, 3.63) is 24.0 Å². The van der Waals surface area contributed by atoms with Crippen molar-refractivity contribution in [1.29, 1.82) is 0 Å². The molecule has 96 valence electrons. The van der Waals surface area contributed by atoms with E-state index in [0.717, 1.165) is 16.8 Å². The molecule has 8 heteroatoms. The molecule has 1 aromatic rings. The Labute approximate surface area is 101 Å². The minimum atomic E-state index is -1.41. The third kappa shape index (κ3) is 4.08. The molecular formula is C10H9NO7. The predicted molar refractivity (Wildman–Crippen MR) is 51.7 cm³/mol. The zero-order valence-corrected chi connectivity index (χ0v) is 9.03. The van der Waals surface area contributed by atoms with E-state index in [9.17, 15) is 19.5 Å². The summed E-state index contributed by atoms with van der Waals surface area (Å²) in [4.78, 5) is 31.5. The van der Waals surface area contributed by atoms with Crippen LogP contribution in [-0.2, 0) is 16.1 Å². The maximum absolute atomic E-state index is 10.8. The Bertz CT molecular complexity index is 497. The van der Waals surface area contributed by atoms with E-state index in [4.69, 9.17) is 14.9 Å². The number of aromatic nitrogens is 1. The normalized spacial score (nSPS) is 9.78. The second kappa shape index (κ2) is 5.62. The third-order valence-corrected chi connectivity index (χ3v) is 1.82. The average molecular weight is 255 g/mol. The van der Waals surface area contributed by atoms with Gasteiger partial charge in [0.05, 0.1) is 0 Å². The summed E-state index contributed by atoms with van der Waals surface area (Å²) < 4.78 is 5.81. The molecule has 1 rings (SSSR count). The molecule has 0 aliphatic carbocycles. The number of rotatable bonds is 6. The van der Waals surface area contributed by atoms with Gasteiger partial charge in [0, 0.05) is 6.07 Å². The molecule has 0 aliphatic rings. The molecule has 0 aromatic carbocycles. The average Bonchev–Trinajstić information content (AvgIpc) is 2.25. The van der Waals surface area contributed by atoms with Crippen molar-refractivity contribution in [2.24, 2.45) is 0 Å². The van der Waals surface area contributed by atoms with Crippen molar-refractivity contribution in [2.75, 3.05) is 6.61 Å². The lowest BCUT2D eigenvalue weighted by Gasteiger charge is -2.04. The van der Waals surface area contributed by atoms with Gasteiger partial charge in [0.1, 0.15) is 11.5 Å². The molecule has 0 fully saturated rings. The summed E-state index contributed by atoms with van der Waals surface area (Å²) in [6, 6.07) is 1.09. The largest absolute Gasteiger partial charge is 0.544 e. The zero-order valence-electron chi connectivity index (χ0n) is 9.03.